The second kappa shape index (κ2) is 7.44. The summed E-state index contributed by atoms with van der Waals surface area (Å²) in [6.45, 7) is 0.645. The summed E-state index contributed by atoms with van der Waals surface area (Å²) in [6.07, 6.45) is 0.841. The van der Waals surface area contributed by atoms with E-state index in [2.05, 4.69) is 17.5 Å². The SMILES string of the molecule is CN(C)S(=O)(=O)c1ccc(C(=O)N2CCc3sccc3[C@@H]2c2cccs2)cc1. The fraction of sp³-hybridized carbons (Fsp3) is 0.250. The van der Waals surface area contributed by atoms with Gasteiger partial charge in [-0.3, -0.25) is 4.79 Å². The number of fused-ring (bicyclic) bond motifs is 1. The third-order valence-corrected chi connectivity index (χ3v) is 8.67. The Morgan fingerprint density at radius 2 is 1.82 bits per heavy atom. The Hall–Kier alpha value is -2.00. The highest BCUT2D eigenvalue weighted by Crippen LogP contribution is 2.40. The molecule has 1 amide bonds. The maximum atomic E-state index is 13.3. The minimum absolute atomic E-state index is 0.0796. The van der Waals surface area contributed by atoms with Gasteiger partial charge < -0.3 is 4.90 Å². The first kappa shape index (κ1) is 19.3. The van der Waals surface area contributed by atoms with Crippen molar-refractivity contribution < 1.29 is 13.2 Å². The maximum Gasteiger partial charge on any atom is 0.254 e. The molecule has 0 spiro atoms. The Labute approximate surface area is 172 Å². The van der Waals surface area contributed by atoms with Crippen LogP contribution in [0.3, 0.4) is 0 Å². The highest BCUT2D eigenvalue weighted by Gasteiger charge is 2.34. The van der Waals surface area contributed by atoms with Crippen LogP contribution in [0.25, 0.3) is 0 Å². The molecule has 1 aliphatic heterocycles. The molecule has 0 saturated heterocycles. The number of sulfonamides is 1. The van der Waals surface area contributed by atoms with Crippen molar-refractivity contribution in [3.63, 3.8) is 0 Å². The molecule has 2 aromatic heterocycles. The van der Waals surface area contributed by atoms with Crippen LogP contribution in [0.2, 0.25) is 0 Å². The van der Waals surface area contributed by atoms with Gasteiger partial charge in [0.15, 0.2) is 0 Å². The minimum Gasteiger partial charge on any atom is -0.326 e. The largest absolute Gasteiger partial charge is 0.326 e. The molecule has 1 atom stereocenters. The van der Waals surface area contributed by atoms with Crippen LogP contribution in [-0.2, 0) is 16.4 Å². The number of benzene rings is 1. The quantitative estimate of drug-likeness (QED) is 0.629. The molecule has 0 radical (unpaired) electrons. The molecular weight excluding hydrogens is 412 g/mol. The van der Waals surface area contributed by atoms with E-state index in [1.807, 2.05) is 16.3 Å². The van der Waals surface area contributed by atoms with Crippen molar-refractivity contribution in [2.24, 2.45) is 0 Å². The molecule has 8 heteroatoms. The van der Waals surface area contributed by atoms with Crippen LogP contribution in [0, 0.1) is 0 Å². The number of carbonyl (C=O) groups is 1. The molecule has 0 aliphatic carbocycles. The van der Waals surface area contributed by atoms with Gasteiger partial charge in [-0.15, -0.1) is 22.7 Å². The molecule has 0 bridgehead atoms. The first-order valence-electron chi connectivity index (χ1n) is 8.83. The predicted octanol–water partition coefficient (Wildman–Crippen LogP) is 3.85. The number of amides is 1. The molecule has 3 aromatic rings. The number of hydrogen-bond acceptors (Lipinski definition) is 5. The van der Waals surface area contributed by atoms with Gasteiger partial charge in [0, 0.05) is 36.0 Å². The van der Waals surface area contributed by atoms with E-state index >= 15 is 0 Å². The van der Waals surface area contributed by atoms with Crippen LogP contribution in [0.15, 0.2) is 58.1 Å². The zero-order valence-electron chi connectivity index (χ0n) is 15.5. The molecule has 1 aromatic carbocycles. The predicted molar refractivity (Wildman–Crippen MR) is 113 cm³/mol. The summed E-state index contributed by atoms with van der Waals surface area (Å²) in [6, 6.07) is 12.3. The van der Waals surface area contributed by atoms with Crippen molar-refractivity contribution in [2.45, 2.75) is 17.4 Å². The molecule has 1 aliphatic rings. The van der Waals surface area contributed by atoms with Crippen molar-refractivity contribution >= 4 is 38.6 Å². The van der Waals surface area contributed by atoms with E-state index in [9.17, 15) is 13.2 Å². The van der Waals surface area contributed by atoms with Gasteiger partial charge in [-0.25, -0.2) is 12.7 Å². The van der Waals surface area contributed by atoms with Crippen molar-refractivity contribution in [2.75, 3.05) is 20.6 Å². The van der Waals surface area contributed by atoms with E-state index in [4.69, 9.17) is 0 Å². The second-order valence-electron chi connectivity index (χ2n) is 6.78. The average Bonchev–Trinajstić information content (AvgIpc) is 3.38. The highest BCUT2D eigenvalue weighted by molar-refractivity contribution is 7.89. The van der Waals surface area contributed by atoms with Gasteiger partial charge in [0.25, 0.3) is 5.91 Å². The fourth-order valence-electron chi connectivity index (χ4n) is 3.43. The third kappa shape index (κ3) is 3.30. The molecule has 0 unspecified atom stereocenters. The average molecular weight is 433 g/mol. The number of carbonyl (C=O) groups excluding carboxylic acids is 1. The van der Waals surface area contributed by atoms with E-state index in [1.54, 1.807) is 34.8 Å². The lowest BCUT2D eigenvalue weighted by Crippen LogP contribution is -2.39. The van der Waals surface area contributed by atoms with E-state index < -0.39 is 10.0 Å². The van der Waals surface area contributed by atoms with Crippen LogP contribution in [-0.4, -0.2) is 44.2 Å². The lowest BCUT2D eigenvalue weighted by atomic mass is 9.97. The van der Waals surface area contributed by atoms with Crippen LogP contribution in [0.4, 0.5) is 0 Å². The van der Waals surface area contributed by atoms with Crippen LogP contribution < -0.4 is 0 Å². The Balaban J connectivity index is 1.67. The van der Waals surface area contributed by atoms with Gasteiger partial charge in [-0.05, 0) is 59.1 Å². The van der Waals surface area contributed by atoms with Gasteiger partial charge in [0.1, 0.15) is 0 Å². The Kier molecular flexibility index (Phi) is 5.13. The summed E-state index contributed by atoms with van der Waals surface area (Å²) in [5.41, 5.74) is 1.69. The molecule has 4 rings (SSSR count). The van der Waals surface area contributed by atoms with E-state index in [-0.39, 0.29) is 16.8 Å². The van der Waals surface area contributed by atoms with Gasteiger partial charge in [0.05, 0.1) is 10.9 Å². The number of rotatable bonds is 4. The summed E-state index contributed by atoms with van der Waals surface area (Å²) in [7, 11) is -0.527. The van der Waals surface area contributed by atoms with Crippen LogP contribution >= 0.6 is 22.7 Å². The normalized spacial score (nSPS) is 17.0. The second-order valence-corrected chi connectivity index (χ2v) is 10.9. The molecule has 28 heavy (non-hydrogen) atoms. The molecule has 3 heterocycles. The summed E-state index contributed by atoms with van der Waals surface area (Å²) in [5, 5.41) is 4.11. The van der Waals surface area contributed by atoms with Crippen molar-refractivity contribution in [1.82, 2.24) is 9.21 Å². The van der Waals surface area contributed by atoms with E-state index in [0.29, 0.717) is 12.1 Å². The number of hydrogen-bond donors (Lipinski definition) is 0. The Morgan fingerprint density at radius 1 is 1.07 bits per heavy atom. The van der Waals surface area contributed by atoms with Gasteiger partial charge in [-0.1, -0.05) is 6.07 Å². The fourth-order valence-corrected chi connectivity index (χ4v) is 6.09. The maximum absolute atomic E-state index is 13.3. The molecule has 5 nitrogen and oxygen atoms in total. The van der Waals surface area contributed by atoms with Crippen molar-refractivity contribution in [3.8, 4) is 0 Å². The molecule has 0 saturated carbocycles. The molecule has 0 N–H and O–H groups in total. The third-order valence-electron chi connectivity index (χ3n) is 4.92. The van der Waals surface area contributed by atoms with Crippen molar-refractivity contribution in [1.29, 1.82) is 0 Å². The standard InChI is InChI=1S/C20H20N2O3S3/c1-21(2)28(24,25)15-7-5-14(6-8-15)20(23)22-11-9-17-16(10-13-27-17)19(22)18-4-3-12-26-18/h3-8,10,12-13,19H,9,11H2,1-2H3/t19-/m1/s1. The van der Waals surface area contributed by atoms with E-state index in [1.165, 1.54) is 41.0 Å². The molecular formula is C20H20N2O3S3. The van der Waals surface area contributed by atoms with Crippen molar-refractivity contribution in [3.05, 3.63) is 74.1 Å². The summed E-state index contributed by atoms with van der Waals surface area (Å²) in [4.78, 5) is 17.9. The smallest absolute Gasteiger partial charge is 0.254 e. The Morgan fingerprint density at radius 3 is 2.46 bits per heavy atom. The van der Waals surface area contributed by atoms with Crippen LogP contribution in [0.5, 0.6) is 0 Å². The topological polar surface area (TPSA) is 57.7 Å². The molecule has 146 valence electrons. The number of thiophene rings is 2. The minimum atomic E-state index is -3.51. The number of nitrogens with zero attached hydrogens (tertiary/aromatic N) is 2. The summed E-state index contributed by atoms with van der Waals surface area (Å²) >= 11 is 3.39. The highest BCUT2D eigenvalue weighted by atomic mass is 32.2. The van der Waals surface area contributed by atoms with E-state index in [0.717, 1.165) is 11.3 Å². The summed E-state index contributed by atoms with van der Waals surface area (Å²) in [5.74, 6) is -0.0796. The lowest BCUT2D eigenvalue weighted by Gasteiger charge is -2.35. The van der Waals surface area contributed by atoms with Gasteiger partial charge in [0.2, 0.25) is 10.0 Å². The van der Waals surface area contributed by atoms with Gasteiger partial charge in [-0.2, -0.15) is 0 Å². The Bertz CT molecular complexity index is 1080. The first-order chi connectivity index (χ1) is 13.4. The molecule has 0 fully saturated rings. The zero-order valence-corrected chi connectivity index (χ0v) is 18.0. The lowest BCUT2D eigenvalue weighted by molar-refractivity contribution is 0.0698. The zero-order chi connectivity index (χ0) is 19.9. The van der Waals surface area contributed by atoms with Crippen LogP contribution in [0.1, 0.15) is 31.7 Å². The van der Waals surface area contributed by atoms with Gasteiger partial charge >= 0.3 is 0 Å². The first-order valence-corrected chi connectivity index (χ1v) is 12.0. The summed E-state index contributed by atoms with van der Waals surface area (Å²) < 4.78 is 25.7. The monoisotopic (exact) mass is 432 g/mol.